The van der Waals surface area contributed by atoms with E-state index in [4.69, 9.17) is 4.42 Å². The first-order valence-electron chi connectivity index (χ1n) is 20.8. The molecule has 0 N–H and O–H groups in total. The summed E-state index contributed by atoms with van der Waals surface area (Å²) in [6.45, 7) is 0. The molecule has 0 unspecified atom stereocenters. The van der Waals surface area contributed by atoms with Gasteiger partial charge in [-0.1, -0.05) is 182 Å². The lowest BCUT2D eigenvalue weighted by molar-refractivity contribution is 0.669. The van der Waals surface area contributed by atoms with Crippen molar-refractivity contribution in [1.82, 2.24) is 0 Å². The molecule has 13 rings (SSSR count). The second-order valence-electron chi connectivity index (χ2n) is 16.3. The highest BCUT2D eigenvalue weighted by atomic mass is 16.3. The van der Waals surface area contributed by atoms with E-state index in [1.54, 1.807) is 0 Å². The molecule has 1 heterocycles. The molecule has 1 aliphatic carbocycles. The summed E-state index contributed by atoms with van der Waals surface area (Å²) in [7, 11) is 0. The number of hydrogen-bond acceptors (Lipinski definition) is 1. The predicted molar refractivity (Wildman–Crippen MR) is 252 cm³/mol. The van der Waals surface area contributed by atoms with E-state index >= 15 is 0 Å². The number of para-hydroxylation sites is 1. The minimum atomic E-state index is -0.630. The van der Waals surface area contributed by atoms with Crippen LogP contribution in [-0.4, -0.2) is 0 Å². The largest absolute Gasteiger partial charge is 0.456 e. The Labute approximate surface area is 347 Å². The fourth-order valence-corrected chi connectivity index (χ4v) is 10.8. The maximum Gasteiger partial charge on any atom is 0.136 e. The second kappa shape index (κ2) is 12.6. The number of fused-ring (bicyclic) bond motifs is 12. The predicted octanol–water partition coefficient (Wildman–Crippen LogP) is 15.9. The quantitative estimate of drug-likeness (QED) is 0.129. The number of hydrogen-bond donors (Lipinski definition) is 0. The molecule has 1 aromatic heterocycles. The average molecular weight is 761 g/mol. The van der Waals surface area contributed by atoms with E-state index in [0.717, 1.165) is 27.5 Å². The van der Waals surface area contributed by atoms with Crippen molar-refractivity contribution in [1.29, 1.82) is 0 Å². The van der Waals surface area contributed by atoms with Crippen LogP contribution in [0.15, 0.2) is 223 Å². The normalized spacial score (nSPS) is 13.1. The first-order valence-corrected chi connectivity index (χ1v) is 20.8. The van der Waals surface area contributed by atoms with E-state index in [1.807, 2.05) is 6.07 Å². The van der Waals surface area contributed by atoms with Gasteiger partial charge in [-0.15, -0.1) is 0 Å². The van der Waals surface area contributed by atoms with Gasteiger partial charge in [0.05, 0.1) is 5.41 Å². The van der Waals surface area contributed by atoms with Crippen molar-refractivity contribution in [3.63, 3.8) is 0 Å². The van der Waals surface area contributed by atoms with Gasteiger partial charge in [-0.2, -0.15) is 0 Å². The summed E-state index contributed by atoms with van der Waals surface area (Å²) in [5, 5.41) is 12.3. The van der Waals surface area contributed by atoms with Crippen molar-refractivity contribution >= 4 is 65.0 Å². The van der Waals surface area contributed by atoms with Gasteiger partial charge < -0.3 is 4.42 Å². The van der Waals surface area contributed by atoms with Crippen molar-refractivity contribution in [2.75, 3.05) is 0 Å². The zero-order chi connectivity index (χ0) is 39.4. The molecule has 1 nitrogen and oxygen atoms in total. The Morgan fingerprint density at radius 2 is 0.883 bits per heavy atom. The Balaban J connectivity index is 1.24. The molecule has 0 radical (unpaired) electrons. The lowest BCUT2D eigenvalue weighted by Crippen LogP contribution is -2.29. The Morgan fingerprint density at radius 3 is 1.65 bits per heavy atom. The maximum absolute atomic E-state index is 6.61. The zero-order valence-electron chi connectivity index (χ0n) is 32.7. The zero-order valence-corrected chi connectivity index (χ0v) is 32.7. The van der Waals surface area contributed by atoms with Crippen LogP contribution in [0, 0.1) is 0 Å². The highest BCUT2D eigenvalue weighted by molar-refractivity contribution is 6.21. The molecule has 0 amide bonds. The molecule has 11 aromatic carbocycles. The highest BCUT2D eigenvalue weighted by Gasteiger charge is 2.48. The average Bonchev–Trinajstić information content (AvgIpc) is 3.85. The van der Waals surface area contributed by atoms with Gasteiger partial charge in [-0.05, 0) is 135 Å². The third kappa shape index (κ3) is 4.58. The Bertz CT molecular complexity index is 3660. The number of benzene rings is 11. The first kappa shape index (κ1) is 33.3. The van der Waals surface area contributed by atoms with E-state index in [2.05, 4.69) is 212 Å². The van der Waals surface area contributed by atoms with Crippen LogP contribution >= 0.6 is 0 Å². The molecule has 1 heteroatoms. The van der Waals surface area contributed by atoms with Crippen LogP contribution < -0.4 is 0 Å². The van der Waals surface area contributed by atoms with Gasteiger partial charge in [-0.25, -0.2) is 0 Å². The summed E-state index contributed by atoms with van der Waals surface area (Å²) in [6.07, 6.45) is 0. The minimum Gasteiger partial charge on any atom is -0.456 e. The van der Waals surface area contributed by atoms with Crippen molar-refractivity contribution in [3.05, 3.63) is 241 Å². The lowest BCUT2D eigenvalue weighted by atomic mass is 9.66. The summed E-state index contributed by atoms with van der Waals surface area (Å²) in [4.78, 5) is 0. The summed E-state index contributed by atoms with van der Waals surface area (Å²) < 4.78 is 6.61. The van der Waals surface area contributed by atoms with Crippen molar-refractivity contribution < 1.29 is 4.42 Å². The van der Waals surface area contributed by atoms with Crippen LogP contribution in [0.3, 0.4) is 0 Å². The second-order valence-corrected chi connectivity index (χ2v) is 16.3. The number of furan rings is 1. The molecule has 0 aliphatic heterocycles. The van der Waals surface area contributed by atoms with Crippen molar-refractivity contribution in [3.8, 4) is 33.4 Å². The van der Waals surface area contributed by atoms with Crippen molar-refractivity contribution in [2.24, 2.45) is 0 Å². The van der Waals surface area contributed by atoms with Gasteiger partial charge in [0.2, 0.25) is 0 Å². The highest BCUT2D eigenvalue weighted by Crippen LogP contribution is 2.61. The van der Waals surface area contributed by atoms with E-state index in [-0.39, 0.29) is 0 Å². The maximum atomic E-state index is 6.61. The van der Waals surface area contributed by atoms with Gasteiger partial charge in [0.15, 0.2) is 0 Å². The Hall–Kier alpha value is -7.74. The van der Waals surface area contributed by atoms with Crippen LogP contribution in [0.4, 0.5) is 0 Å². The molecular weight excluding hydrogens is 725 g/mol. The molecule has 1 aliphatic rings. The van der Waals surface area contributed by atoms with Gasteiger partial charge in [-0.3, -0.25) is 0 Å². The van der Waals surface area contributed by atoms with E-state index in [1.165, 1.54) is 93.2 Å². The summed E-state index contributed by atoms with van der Waals surface area (Å²) >= 11 is 0. The molecule has 278 valence electrons. The minimum absolute atomic E-state index is 0.630. The topological polar surface area (TPSA) is 13.1 Å². The van der Waals surface area contributed by atoms with E-state index in [9.17, 15) is 0 Å². The summed E-state index contributed by atoms with van der Waals surface area (Å²) in [6, 6.07) is 81.0. The molecule has 0 saturated carbocycles. The Morgan fingerprint density at radius 1 is 0.300 bits per heavy atom. The monoisotopic (exact) mass is 760 g/mol. The van der Waals surface area contributed by atoms with Crippen LogP contribution in [0.25, 0.3) is 98.4 Å². The molecule has 0 spiro atoms. The van der Waals surface area contributed by atoms with E-state index < -0.39 is 5.41 Å². The van der Waals surface area contributed by atoms with Crippen LogP contribution in [0.2, 0.25) is 0 Å². The van der Waals surface area contributed by atoms with Crippen molar-refractivity contribution in [2.45, 2.75) is 5.41 Å². The van der Waals surface area contributed by atoms with Gasteiger partial charge in [0.25, 0.3) is 0 Å². The number of rotatable bonds is 4. The van der Waals surface area contributed by atoms with Crippen LogP contribution in [0.1, 0.15) is 22.3 Å². The van der Waals surface area contributed by atoms with Gasteiger partial charge in [0, 0.05) is 10.8 Å². The molecule has 0 atom stereocenters. The molecule has 0 fully saturated rings. The third-order valence-corrected chi connectivity index (χ3v) is 13.3. The smallest absolute Gasteiger partial charge is 0.136 e. The summed E-state index contributed by atoms with van der Waals surface area (Å²) in [5.74, 6) is 0. The summed E-state index contributed by atoms with van der Waals surface area (Å²) in [5.41, 5.74) is 13.6. The van der Waals surface area contributed by atoms with Crippen LogP contribution in [0.5, 0.6) is 0 Å². The SMILES string of the molecule is c1ccc(C2(c3ccccc3)c3cc(-c4c5ccccc5cc5c4ccc4ccccc45)cc(-c4ccc5c(c4)oc4ccccc45)c3-c3ccc4ccccc4c32)cc1. The first-order chi connectivity index (χ1) is 29.8. The van der Waals surface area contributed by atoms with E-state index in [0.29, 0.717) is 0 Å². The molecular formula is C59H36O. The molecule has 12 aromatic rings. The van der Waals surface area contributed by atoms with Gasteiger partial charge >= 0.3 is 0 Å². The van der Waals surface area contributed by atoms with Gasteiger partial charge in [0.1, 0.15) is 11.2 Å². The standard InChI is InChI=1S/C59H36O/c1-3-18-42(19-4-1)59(43-20-5-2-6-21-43)53-35-41(56-45-23-11-9-17-39(45)33-52-44-22-10-7-15-37(44)27-31-49(52)56)34-51(57(53)50-32-28-38-16-8-12-24-46(38)58(50)59)40-29-30-48-47-25-13-14-26-54(47)60-55(48)36-40/h1-36H. The van der Waals surface area contributed by atoms with Crippen LogP contribution in [-0.2, 0) is 5.41 Å². The lowest BCUT2D eigenvalue weighted by Gasteiger charge is -2.35. The molecule has 0 bridgehead atoms. The fraction of sp³-hybridized carbons (Fsp3) is 0.0169. The molecule has 60 heavy (non-hydrogen) atoms. The fourth-order valence-electron chi connectivity index (χ4n) is 10.8. The Kier molecular flexibility index (Phi) is 7.00. The third-order valence-electron chi connectivity index (χ3n) is 13.3. The molecule has 0 saturated heterocycles.